The van der Waals surface area contributed by atoms with E-state index in [1.165, 1.54) is 6.42 Å². The maximum absolute atomic E-state index is 12.7. The number of carbonyl (C=O) groups is 1. The van der Waals surface area contributed by atoms with Crippen LogP contribution in [0.15, 0.2) is 0 Å². The number of carbonyl (C=O) groups excluding carboxylic acids is 1. The highest BCUT2D eigenvalue weighted by Gasteiger charge is 2.46. The molecule has 1 aliphatic carbocycles. The van der Waals surface area contributed by atoms with Gasteiger partial charge >= 0.3 is 0 Å². The third-order valence-corrected chi connectivity index (χ3v) is 8.69. The second kappa shape index (κ2) is 8.57. The molecule has 1 rings (SSSR count). The molecule has 0 aromatic carbocycles. The van der Waals surface area contributed by atoms with Gasteiger partial charge in [0.25, 0.3) is 0 Å². The van der Waals surface area contributed by atoms with Gasteiger partial charge in [-0.3, -0.25) is 4.79 Å². The fourth-order valence-electron chi connectivity index (χ4n) is 2.87. The molecule has 1 N–H and O–H groups in total. The van der Waals surface area contributed by atoms with E-state index in [0.717, 1.165) is 25.0 Å². The quantitative estimate of drug-likeness (QED) is 0.650. The molecule has 6 heteroatoms. The minimum Gasteiger partial charge on any atom is -0.354 e. The Balaban J connectivity index is 2.49. The largest absolute Gasteiger partial charge is 0.354 e. The lowest BCUT2D eigenvalue weighted by Crippen LogP contribution is -2.51. The highest BCUT2D eigenvalue weighted by atomic mass is 32.2. The first-order valence-corrected chi connectivity index (χ1v) is 11.0. The Morgan fingerprint density at radius 2 is 1.91 bits per heavy atom. The molecule has 0 radical (unpaired) electrons. The molecule has 0 aliphatic heterocycles. The standard InChI is InChI=1S/C16H31NO3S2/c1-5-8-13(2)21-12-11-17-15(18)16(3,4)22(19,20)14-9-6-7-10-14/h13-14H,5-12H2,1-4H3,(H,17,18). The second-order valence-corrected chi connectivity index (χ2v) is 11.0. The van der Waals surface area contributed by atoms with E-state index in [1.807, 2.05) is 11.8 Å². The molecular weight excluding hydrogens is 318 g/mol. The van der Waals surface area contributed by atoms with Crippen LogP contribution in [0.3, 0.4) is 0 Å². The molecule has 0 bridgehead atoms. The predicted molar refractivity (Wildman–Crippen MR) is 95.1 cm³/mol. The molecule has 1 atom stereocenters. The molecule has 22 heavy (non-hydrogen) atoms. The van der Waals surface area contributed by atoms with Gasteiger partial charge in [-0.25, -0.2) is 8.42 Å². The van der Waals surface area contributed by atoms with Crippen LogP contribution in [0.25, 0.3) is 0 Å². The molecule has 0 aromatic heterocycles. The molecule has 4 nitrogen and oxygen atoms in total. The molecule has 0 aromatic rings. The predicted octanol–water partition coefficient (Wildman–Crippen LogP) is 3.16. The number of rotatable bonds is 9. The average molecular weight is 350 g/mol. The summed E-state index contributed by atoms with van der Waals surface area (Å²) in [6.07, 6.45) is 5.63. The Hall–Kier alpha value is -0.230. The summed E-state index contributed by atoms with van der Waals surface area (Å²) >= 11 is 1.82. The summed E-state index contributed by atoms with van der Waals surface area (Å²) in [7, 11) is -3.42. The van der Waals surface area contributed by atoms with Crippen molar-refractivity contribution in [3.05, 3.63) is 0 Å². The van der Waals surface area contributed by atoms with E-state index < -0.39 is 14.6 Å². The first kappa shape index (κ1) is 19.8. The van der Waals surface area contributed by atoms with Gasteiger partial charge in [0.15, 0.2) is 9.84 Å². The van der Waals surface area contributed by atoms with Gasteiger partial charge in [-0.15, -0.1) is 0 Å². The van der Waals surface area contributed by atoms with Crippen molar-refractivity contribution in [2.75, 3.05) is 12.3 Å². The van der Waals surface area contributed by atoms with E-state index in [9.17, 15) is 13.2 Å². The lowest BCUT2D eigenvalue weighted by Gasteiger charge is -2.27. The molecular formula is C16H31NO3S2. The molecule has 130 valence electrons. The van der Waals surface area contributed by atoms with Gasteiger partial charge < -0.3 is 5.32 Å². The minimum atomic E-state index is -3.42. The van der Waals surface area contributed by atoms with Crippen molar-refractivity contribution in [3.63, 3.8) is 0 Å². The van der Waals surface area contributed by atoms with Gasteiger partial charge in [0.05, 0.1) is 5.25 Å². The zero-order chi connectivity index (χ0) is 16.8. The normalized spacial score (nSPS) is 18.4. The number of nitrogens with one attached hydrogen (secondary N) is 1. The second-order valence-electron chi connectivity index (χ2n) is 6.69. The molecule has 1 unspecified atom stereocenters. The molecule has 0 saturated heterocycles. The zero-order valence-electron chi connectivity index (χ0n) is 14.4. The van der Waals surface area contributed by atoms with Gasteiger partial charge in [-0.1, -0.05) is 33.1 Å². The fourth-order valence-corrected chi connectivity index (χ4v) is 6.01. The summed E-state index contributed by atoms with van der Waals surface area (Å²) in [5.41, 5.74) is 0. The van der Waals surface area contributed by atoms with E-state index in [0.29, 0.717) is 24.6 Å². The van der Waals surface area contributed by atoms with Crippen LogP contribution < -0.4 is 5.32 Å². The van der Waals surface area contributed by atoms with Crippen LogP contribution in [0, 0.1) is 0 Å². The minimum absolute atomic E-state index is 0.341. The van der Waals surface area contributed by atoms with Crippen LogP contribution >= 0.6 is 11.8 Å². The van der Waals surface area contributed by atoms with Crippen LogP contribution in [-0.2, 0) is 14.6 Å². The smallest absolute Gasteiger partial charge is 0.240 e. The fraction of sp³-hybridized carbons (Fsp3) is 0.938. The van der Waals surface area contributed by atoms with E-state index in [1.54, 1.807) is 13.8 Å². The topological polar surface area (TPSA) is 63.2 Å². The maximum Gasteiger partial charge on any atom is 0.240 e. The molecule has 0 spiro atoms. The van der Waals surface area contributed by atoms with Crippen molar-refractivity contribution in [3.8, 4) is 0 Å². The van der Waals surface area contributed by atoms with Crippen LogP contribution in [0.4, 0.5) is 0 Å². The lowest BCUT2D eigenvalue weighted by molar-refractivity contribution is -0.122. The van der Waals surface area contributed by atoms with Gasteiger partial charge in [0.1, 0.15) is 4.75 Å². The Morgan fingerprint density at radius 1 is 1.32 bits per heavy atom. The molecule has 0 heterocycles. The van der Waals surface area contributed by atoms with Crippen molar-refractivity contribution in [1.82, 2.24) is 5.32 Å². The molecule has 1 amide bonds. The number of sulfone groups is 1. The number of hydrogen-bond donors (Lipinski definition) is 1. The zero-order valence-corrected chi connectivity index (χ0v) is 16.0. The molecule has 1 saturated carbocycles. The van der Waals surface area contributed by atoms with Crippen LogP contribution in [0.5, 0.6) is 0 Å². The van der Waals surface area contributed by atoms with E-state index in [4.69, 9.17) is 0 Å². The maximum atomic E-state index is 12.7. The lowest BCUT2D eigenvalue weighted by atomic mass is 10.2. The third kappa shape index (κ3) is 4.88. The highest BCUT2D eigenvalue weighted by molar-refractivity contribution is 7.99. The Labute approximate surface area is 140 Å². The Morgan fingerprint density at radius 3 is 2.45 bits per heavy atom. The van der Waals surface area contributed by atoms with Crippen LogP contribution in [-0.4, -0.2) is 41.9 Å². The third-order valence-electron chi connectivity index (χ3n) is 4.48. The summed E-state index contributed by atoms with van der Waals surface area (Å²) in [6.45, 7) is 7.96. The van der Waals surface area contributed by atoms with E-state index in [-0.39, 0.29) is 11.2 Å². The van der Waals surface area contributed by atoms with Crippen molar-refractivity contribution in [2.45, 2.75) is 81.5 Å². The summed E-state index contributed by atoms with van der Waals surface area (Å²) in [5, 5.41) is 3.05. The van der Waals surface area contributed by atoms with E-state index >= 15 is 0 Å². The monoisotopic (exact) mass is 349 g/mol. The highest BCUT2D eigenvalue weighted by Crippen LogP contribution is 2.32. The first-order valence-electron chi connectivity index (χ1n) is 8.36. The van der Waals surface area contributed by atoms with Crippen molar-refractivity contribution >= 4 is 27.5 Å². The number of hydrogen-bond acceptors (Lipinski definition) is 4. The summed E-state index contributed by atoms with van der Waals surface area (Å²) < 4.78 is 24.0. The van der Waals surface area contributed by atoms with Crippen molar-refractivity contribution in [1.29, 1.82) is 0 Å². The summed E-state index contributed by atoms with van der Waals surface area (Å²) in [5.74, 6) is 0.468. The number of thioether (sulfide) groups is 1. The van der Waals surface area contributed by atoms with Gasteiger partial charge in [0, 0.05) is 17.5 Å². The molecule has 1 fully saturated rings. The van der Waals surface area contributed by atoms with Crippen LogP contribution in [0.2, 0.25) is 0 Å². The summed E-state index contributed by atoms with van der Waals surface area (Å²) in [4.78, 5) is 12.3. The Kier molecular flexibility index (Phi) is 7.72. The SMILES string of the molecule is CCCC(C)SCCNC(=O)C(C)(C)S(=O)(=O)C1CCCC1. The van der Waals surface area contributed by atoms with E-state index in [2.05, 4.69) is 19.2 Å². The average Bonchev–Trinajstić information content (AvgIpc) is 2.98. The van der Waals surface area contributed by atoms with Gasteiger partial charge in [-0.05, 0) is 33.1 Å². The van der Waals surface area contributed by atoms with Crippen LogP contribution in [0.1, 0.15) is 66.2 Å². The van der Waals surface area contributed by atoms with Gasteiger partial charge in [0.2, 0.25) is 5.91 Å². The van der Waals surface area contributed by atoms with Crippen molar-refractivity contribution < 1.29 is 13.2 Å². The van der Waals surface area contributed by atoms with Gasteiger partial charge in [-0.2, -0.15) is 11.8 Å². The molecule has 1 aliphatic rings. The summed E-state index contributed by atoms with van der Waals surface area (Å²) in [6, 6.07) is 0. The first-order chi connectivity index (χ1) is 10.2. The number of amides is 1. The Bertz CT molecular complexity index is 454. The van der Waals surface area contributed by atoms with Crippen molar-refractivity contribution in [2.24, 2.45) is 0 Å².